The lowest BCUT2D eigenvalue weighted by Gasteiger charge is -2.30. The molecule has 4 saturated heterocycles. The topological polar surface area (TPSA) is 589 Å². The van der Waals surface area contributed by atoms with Crippen LogP contribution in [0.2, 0.25) is 0 Å². The normalized spacial score (nSPS) is 27.0. The number of amides is 10. The smallest absolute Gasteiger partial charge is 0.411 e. The fourth-order valence-electron chi connectivity index (χ4n) is 16.7. The number of carbonyl (C=O) groups is 16. The monoisotopic (exact) mass is 2080 g/mol. The summed E-state index contributed by atoms with van der Waals surface area (Å²) >= 11 is 0. The highest BCUT2D eigenvalue weighted by Crippen LogP contribution is 2.49. The van der Waals surface area contributed by atoms with E-state index in [9.17, 15) is 97.1 Å². The molecule has 4 aliphatic carbocycles. The summed E-state index contributed by atoms with van der Waals surface area (Å²) in [6.07, 6.45) is 18.9. The lowest BCUT2D eigenvalue weighted by molar-refractivity contribution is -0.150. The van der Waals surface area contributed by atoms with Crippen LogP contribution in [-0.2, 0) is 95.4 Å². The Labute approximate surface area is 859 Å². The molecule has 0 aromatic heterocycles. The highest BCUT2D eigenvalue weighted by Gasteiger charge is 2.65. The number of halogens is 1. The maximum Gasteiger partial charge on any atom is 0.411 e. The molecule has 43 heteroatoms. The van der Waals surface area contributed by atoms with Crippen LogP contribution in [0, 0.1) is 23.7 Å². The van der Waals surface area contributed by atoms with Crippen molar-refractivity contribution in [1.82, 2.24) is 51.5 Å². The van der Waals surface area contributed by atoms with E-state index >= 15 is 0 Å². The van der Waals surface area contributed by atoms with Gasteiger partial charge in [-0.3, -0.25) is 38.6 Å². The third-order valence-electron chi connectivity index (χ3n) is 24.2. The molecule has 0 bridgehead atoms. The molecular formula is C102H166ClN11O31. The van der Waals surface area contributed by atoms with Gasteiger partial charge in [0.05, 0.1) is 63.9 Å². The van der Waals surface area contributed by atoms with Crippen LogP contribution in [0.15, 0.2) is 75.4 Å². The maximum absolute atomic E-state index is 13.6. The third-order valence-corrected chi connectivity index (χ3v) is 24.2. The molecule has 14 N–H and O–H groups in total. The molecule has 42 nitrogen and oxygen atoms in total. The zero-order valence-electron chi connectivity index (χ0n) is 88.3. The molecule has 8 fully saturated rings. The number of aliphatic hydroxyl groups excluding tert-OH is 4. The summed E-state index contributed by atoms with van der Waals surface area (Å²) < 4.78 is 46.4. The number of β-amino-alcohol motifs (C(OH)–C–C–N with tert-alkyl or cyclic N) is 3. The van der Waals surface area contributed by atoms with Gasteiger partial charge in [-0.15, -0.1) is 45.3 Å². The number of allylic oxidation sites excluding steroid dienone is 3. The SMILES string of the molecule is C=CC1C[C@]1(N)C(=O)OCC.C=CC1C[C@]1(NC(=O)[C@@H]1C[C@@H](O)CN1C(=O)OC(C)(C)C)C(=O)OCC.C=CCCCCC[C@H](NC(=O)OC(C)(C)C)C(=O)N1C[C@H](O)C[C@H]1C(=O)N[C@]1(C(=O)OCC)C[C@H]1C=C.C=CCCCCC[C@H](NC(=O)OC(C)(C)C)C(=O)O.CC(C)(C)OC(=O)N1C[C@H](O)C[C@H]1C(=O)O.CCOC(=O)[C@@]12C[C@H]1/C=C\CCCCC[C@H](NC(=O)OC(C)(C)C)C(=O)N1C[C@H](O)C[C@H]1C(=O)N2.Cl. The standard InChI is InChI=1S/C27H43N3O7.C25H39N3O7.C18H28N2O6.C14H25NO4.C10H17NO5.C8H13NO2.ClH/c1-7-10-11-12-13-14-20(28-25(35)37-26(4,5)6)23(33)30-17-19(31)15-21(30)22(32)29-27(16-18(27)8-2)24(34)36-9-3;1-5-34-22(32)25-14-16(25)11-9-7-6-8-10-12-18(26-23(33)35-24(2,3)4)21(31)28-15-17(29)13-19(28)20(30)27-25;1-6-11-9-18(11,15(23)25-7-2)19-14(22)13-8-12(21)10-20(13)16(24)26-17(3,4)5;1-5-6-7-8-9-10-11(12(16)17)15-13(18)19-14(2,3)4;1-10(2,3)16-9(15)11-5-6(12)4-7(11)8(13)14;1-3-6-5-8(6,9)7(10)11-4-2;/h7-8,18-21,31H,1-2,9-17H2,3-6H3,(H,28,35)(H,29,32);9,11,16-19,29H,5-8,10,12-15H2,1-4H3,(H,26,33)(H,27,30);6,11-13,21H,1,7-10H2,2-5H3,(H,19,22);5,11H,1,6-10H2,2-4H3,(H,15,18)(H,16,17);6-7,12H,4-5H2,1-3H3,(H,13,14);3,6H,1,4-5,9H2,2H3;1H/b;11-9-;;;;;/t18-,19-,20+,21+,27-;16-,17-,18+,19+,25-;11?,12-,13+,18-;11-;6-,7+;6?,8-;/m111011./s1. The molecule has 0 spiro atoms. The van der Waals surface area contributed by atoms with E-state index in [1.807, 2.05) is 24.3 Å². The molecule has 822 valence electrons. The first-order valence-corrected chi connectivity index (χ1v) is 50.0. The van der Waals surface area contributed by atoms with Crippen LogP contribution in [0.4, 0.5) is 24.0 Å². The number of esters is 4. The van der Waals surface area contributed by atoms with Gasteiger partial charge in [-0.25, -0.2) is 47.9 Å². The number of hydrogen-bond acceptors (Lipinski definition) is 30. The zero-order valence-corrected chi connectivity index (χ0v) is 89.1. The van der Waals surface area contributed by atoms with E-state index in [-0.39, 0.29) is 114 Å². The van der Waals surface area contributed by atoms with E-state index in [1.54, 1.807) is 150 Å². The van der Waals surface area contributed by atoms with Crippen molar-refractivity contribution >= 4 is 108 Å². The Bertz CT molecular complexity index is 4460. The second-order valence-corrected chi connectivity index (χ2v) is 42.3. The first-order chi connectivity index (χ1) is 67.0. The molecular weight excluding hydrogens is 1910 g/mol. The zero-order chi connectivity index (χ0) is 109. The molecule has 9 rings (SSSR count). The first-order valence-electron chi connectivity index (χ1n) is 50.0. The molecule has 19 atom stereocenters. The van der Waals surface area contributed by atoms with Crippen molar-refractivity contribution < 1.29 is 150 Å². The van der Waals surface area contributed by atoms with Crippen molar-refractivity contribution in [2.75, 3.05) is 52.6 Å². The molecule has 0 aromatic rings. The number of hydrogen-bond donors (Lipinski definition) is 13. The number of carboxylic acids is 2. The van der Waals surface area contributed by atoms with Crippen LogP contribution in [-0.4, -0.2) is 316 Å². The molecule has 0 radical (unpaired) electrons. The quantitative estimate of drug-likeness (QED) is 0.0126. The van der Waals surface area contributed by atoms with Crippen LogP contribution in [0.5, 0.6) is 0 Å². The predicted octanol–water partition coefficient (Wildman–Crippen LogP) is 9.80. The number of fused-ring (bicyclic) bond motifs is 2. The summed E-state index contributed by atoms with van der Waals surface area (Å²) in [7, 11) is 0. The lowest BCUT2D eigenvalue weighted by Crippen LogP contribution is -2.56. The minimum Gasteiger partial charge on any atom is -0.480 e. The van der Waals surface area contributed by atoms with Gasteiger partial charge in [-0.2, -0.15) is 0 Å². The van der Waals surface area contributed by atoms with Gasteiger partial charge >= 0.3 is 66.3 Å². The number of carbonyl (C=O) groups excluding carboxylic acids is 14. The van der Waals surface area contributed by atoms with E-state index in [2.05, 4.69) is 64.8 Å². The Hall–Kier alpha value is -10.9. The minimum atomic E-state index is -1.21. The van der Waals surface area contributed by atoms with Crippen molar-refractivity contribution in [3.63, 3.8) is 0 Å². The van der Waals surface area contributed by atoms with Crippen LogP contribution < -0.4 is 37.6 Å². The summed E-state index contributed by atoms with van der Waals surface area (Å²) in [5.41, 5.74) is -2.07. The van der Waals surface area contributed by atoms with E-state index in [0.717, 1.165) is 69.1 Å². The number of nitrogens with two attached hydrogens (primary N) is 1. The Morgan fingerprint density at radius 1 is 0.483 bits per heavy atom. The van der Waals surface area contributed by atoms with Crippen LogP contribution in [0.25, 0.3) is 0 Å². The second kappa shape index (κ2) is 57.4. The number of unbranched alkanes of at least 4 members (excludes halogenated alkanes) is 6. The number of carboxylic acid groups (broad SMARTS) is 2. The van der Waals surface area contributed by atoms with E-state index in [1.165, 1.54) is 14.7 Å². The summed E-state index contributed by atoms with van der Waals surface area (Å²) in [5, 5.41) is 73.9. The van der Waals surface area contributed by atoms with Crippen molar-refractivity contribution in [2.45, 2.75) is 396 Å². The number of likely N-dealkylation sites (tertiary alicyclic amines) is 3. The van der Waals surface area contributed by atoms with E-state index in [0.29, 0.717) is 64.4 Å². The summed E-state index contributed by atoms with van der Waals surface area (Å²) in [6, 6.07) is -6.56. The number of rotatable bonds is 33. The first kappa shape index (κ1) is 128. The number of aliphatic hydroxyl groups is 4. The summed E-state index contributed by atoms with van der Waals surface area (Å²) in [4.78, 5) is 202. The molecule has 10 amide bonds. The highest BCUT2D eigenvalue weighted by atomic mass is 35.5. The fourth-order valence-corrected chi connectivity index (χ4v) is 16.7. The molecule has 4 saturated carbocycles. The van der Waals surface area contributed by atoms with Gasteiger partial charge < -0.3 is 121 Å². The largest absolute Gasteiger partial charge is 0.480 e. The number of ether oxygens (including phenoxy) is 9. The number of aliphatic carboxylic acids is 2. The Balaban J connectivity index is 0.000000465. The van der Waals surface area contributed by atoms with Crippen molar-refractivity contribution in [3.05, 3.63) is 75.4 Å². The summed E-state index contributed by atoms with van der Waals surface area (Å²) in [6.45, 7) is 51.9. The molecule has 5 aliphatic heterocycles. The van der Waals surface area contributed by atoms with Gasteiger partial charge in [0.2, 0.25) is 29.5 Å². The average molecular weight is 2080 g/mol. The van der Waals surface area contributed by atoms with Gasteiger partial charge in [0.15, 0.2) is 0 Å². The summed E-state index contributed by atoms with van der Waals surface area (Å²) in [5.74, 6) is -7.06. The number of nitrogens with one attached hydrogen (secondary N) is 6. The van der Waals surface area contributed by atoms with Crippen molar-refractivity contribution in [3.8, 4) is 0 Å². The third kappa shape index (κ3) is 41.4. The molecule has 5 heterocycles. The van der Waals surface area contributed by atoms with Gasteiger partial charge in [-0.05, 0) is 215 Å². The van der Waals surface area contributed by atoms with Crippen LogP contribution in [0.1, 0.15) is 279 Å². The minimum absolute atomic E-state index is 0. The Morgan fingerprint density at radius 3 is 1.30 bits per heavy atom. The van der Waals surface area contributed by atoms with E-state index in [4.69, 9.17) is 58.6 Å². The van der Waals surface area contributed by atoms with Gasteiger partial charge in [0.1, 0.15) is 92.5 Å². The predicted molar refractivity (Wildman–Crippen MR) is 537 cm³/mol. The van der Waals surface area contributed by atoms with Gasteiger partial charge in [0, 0.05) is 62.4 Å². The highest BCUT2D eigenvalue weighted by molar-refractivity contribution is 5.99. The fraction of sp³-hybridized carbons (Fsp3) is 0.725. The number of alkyl carbamates (subject to hydrolysis) is 3. The van der Waals surface area contributed by atoms with Gasteiger partial charge in [0.25, 0.3) is 0 Å². The van der Waals surface area contributed by atoms with Crippen LogP contribution >= 0.6 is 12.4 Å². The van der Waals surface area contributed by atoms with Crippen LogP contribution in [0.3, 0.4) is 0 Å². The molecule has 9 aliphatic rings. The second-order valence-electron chi connectivity index (χ2n) is 42.3. The maximum atomic E-state index is 13.6. The molecule has 0 aromatic carbocycles. The Morgan fingerprint density at radius 2 is 0.883 bits per heavy atom. The Kier molecular flexibility index (Phi) is 50.7. The molecule has 2 unspecified atom stereocenters. The number of nitrogens with zero attached hydrogens (tertiary/aromatic N) is 4. The van der Waals surface area contributed by atoms with Crippen molar-refractivity contribution in [2.24, 2.45) is 29.4 Å². The average Bonchev–Trinajstić information content (AvgIpc) is 1.58. The van der Waals surface area contributed by atoms with Gasteiger partial charge in [-0.1, -0.05) is 81.1 Å². The van der Waals surface area contributed by atoms with E-state index < -0.39 is 207 Å². The molecule has 145 heavy (non-hydrogen) atoms. The van der Waals surface area contributed by atoms with Crippen molar-refractivity contribution in [1.29, 1.82) is 0 Å². The lowest BCUT2D eigenvalue weighted by atomic mass is 10.0.